The Balaban J connectivity index is 0.000000163. The smallest absolute Gasteiger partial charge is 0.159 e. The lowest BCUT2D eigenvalue weighted by Crippen LogP contribution is -2.26. The Morgan fingerprint density at radius 1 is 0.750 bits per heavy atom. The van der Waals surface area contributed by atoms with Gasteiger partial charge in [0.05, 0.1) is 6.54 Å². The van der Waals surface area contributed by atoms with Gasteiger partial charge in [0.2, 0.25) is 0 Å². The van der Waals surface area contributed by atoms with Gasteiger partial charge in [0.25, 0.3) is 0 Å². The summed E-state index contributed by atoms with van der Waals surface area (Å²) in [5.41, 5.74) is 16.1. The number of hydrogen-bond donors (Lipinski definition) is 2. The van der Waals surface area contributed by atoms with Gasteiger partial charge in [-0.25, -0.2) is 0 Å². The van der Waals surface area contributed by atoms with E-state index < -0.39 is 0 Å². The van der Waals surface area contributed by atoms with Crippen LogP contribution < -0.4 is 11.5 Å². The summed E-state index contributed by atoms with van der Waals surface area (Å²) in [5, 5.41) is 0. The molecule has 232 valence electrons. The predicted octanol–water partition coefficient (Wildman–Crippen LogP) is 6.28. The van der Waals surface area contributed by atoms with Crippen LogP contribution in [0.4, 0.5) is 0 Å². The van der Waals surface area contributed by atoms with Crippen molar-refractivity contribution in [3.05, 3.63) is 144 Å². The quantitative estimate of drug-likeness (QED) is 0.256. The second-order valence-corrected chi connectivity index (χ2v) is 11.4. The molecule has 2 aliphatic rings. The Kier molecular flexibility index (Phi) is 15.2. The van der Waals surface area contributed by atoms with E-state index >= 15 is 0 Å². The predicted molar refractivity (Wildman–Crippen MR) is 181 cm³/mol. The average molecular weight is 593 g/mol. The van der Waals surface area contributed by atoms with Gasteiger partial charge in [0, 0.05) is 56.8 Å². The molecule has 2 heterocycles. The molecule has 6 heteroatoms. The van der Waals surface area contributed by atoms with E-state index in [1.54, 1.807) is 6.92 Å². The number of nitrogens with two attached hydrogens (primary N) is 2. The normalized spacial score (nSPS) is 16.8. The highest BCUT2D eigenvalue weighted by atomic mass is 16.1. The number of hydrogen-bond acceptors (Lipinski definition) is 6. The number of carbonyl (C=O) groups excluding carboxylic acids is 2. The van der Waals surface area contributed by atoms with Crippen molar-refractivity contribution >= 4 is 11.6 Å². The van der Waals surface area contributed by atoms with Gasteiger partial charge < -0.3 is 11.5 Å². The summed E-state index contributed by atoms with van der Waals surface area (Å²) in [7, 11) is 0. The third-order valence-corrected chi connectivity index (χ3v) is 7.42. The fourth-order valence-corrected chi connectivity index (χ4v) is 4.94. The van der Waals surface area contributed by atoms with E-state index in [-0.39, 0.29) is 11.8 Å². The summed E-state index contributed by atoms with van der Waals surface area (Å²) in [5.74, 6) is 0.492. The first-order valence-electron chi connectivity index (χ1n) is 15.5. The van der Waals surface area contributed by atoms with Crippen molar-refractivity contribution in [1.82, 2.24) is 9.80 Å². The van der Waals surface area contributed by atoms with E-state index in [2.05, 4.69) is 52.3 Å². The Morgan fingerprint density at radius 3 is 1.59 bits per heavy atom. The topological polar surface area (TPSA) is 92.7 Å². The van der Waals surface area contributed by atoms with E-state index in [1.807, 2.05) is 85.8 Å². The van der Waals surface area contributed by atoms with E-state index in [4.69, 9.17) is 11.5 Å². The molecule has 0 bridgehead atoms. The maximum absolute atomic E-state index is 11.0. The van der Waals surface area contributed by atoms with Crippen LogP contribution in [0.25, 0.3) is 0 Å². The lowest BCUT2D eigenvalue weighted by molar-refractivity contribution is -0.116. The average Bonchev–Trinajstić information content (AvgIpc) is 3.66. The summed E-state index contributed by atoms with van der Waals surface area (Å²) in [6.45, 7) is 9.26. The molecule has 0 amide bonds. The van der Waals surface area contributed by atoms with Crippen molar-refractivity contribution in [1.29, 1.82) is 0 Å². The molecular weight excluding hydrogens is 544 g/mol. The molecule has 2 atom stereocenters. The molecular formula is C38H48N4O2. The summed E-state index contributed by atoms with van der Waals surface area (Å²) in [4.78, 5) is 26.3. The van der Waals surface area contributed by atoms with Crippen LogP contribution in [-0.4, -0.2) is 53.6 Å². The second kappa shape index (κ2) is 19.4. The molecule has 2 aliphatic heterocycles. The van der Waals surface area contributed by atoms with Crippen molar-refractivity contribution in [3.63, 3.8) is 0 Å². The first kappa shape index (κ1) is 34.5. The molecule has 4 aromatic carbocycles. The van der Waals surface area contributed by atoms with Crippen LogP contribution in [0.15, 0.2) is 121 Å². The minimum atomic E-state index is 0.121. The van der Waals surface area contributed by atoms with Crippen LogP contribution in [0.5, 0.6) is 0 Å². The number of benzene rings is 4. The number of carbonyl (C=O) groups is 2. The van der Waals surface area contributed by atoms with E-state index in [9.17, 15) is 9.59 Å². The molecule has 6 rings (SSSR count). The Hall–Kier alpha value is -3.94. The zero-order chi connectivity index (χ0) is 31.6. The molecule has 2 fully saturated rings. The molecule has 2 saturated heterocycles. The molecule has 0 unspecified atom stereocenters. The number of nitrogens with zero attached hydrogens (tertiary/aromatic N) is 2. The Labute approximate surface area is 263 Å². The van der Waals surface area contributed by atoms with Gasteiger partial charge in [-0.15, -0.1) is 0 Å². The third kappa shape index (κ3) is 13.6. The number of likely N-dealkylation sites (tertiary alicyclic amines) is 2. The molecule has 0 radical (unpaired) electrons. The highest BCUT2D eigenvalue weighted by Crippen LogP contribution is 2.12. The van der Waals surface area contributed by atoms with Crippen molar-refractivity contribution in [3.8, 4) is 0 Å². The van der Waals surface area contributed by atoms with Crippen LogP contribution in [0, 0.1) is 0 Å². The standard InChI is InChI=1S/C11H16N2.C11H13NO.C8H11N.C8H8O/c12-11-6-7-13(9-11)8-10-4-2-1-3-5-10;13-11-6-7-12(9-11)8-10-4-2-1-3-5-10;2*1-7(9)8-5-3-2-4-6-8/h1-5,11H,6-9,12H2;1-5H,6-9H2;2-7H,9H2,1H3;2-6H,1H3/t11-;;7-;/m0.0./s1. The molecule has 0 aliphatic carbocycles. The summed E-state index contributed by atoms with van der Waals surface area (Å²) < 4.78 is 0. The SMILES string of the molecule is CC(=O)c1ccccc1.C[C@H](N)c1ccccc1.N[C@H]1CCN(Cc2ccccc2)C1.O=C1CCN(Cc2ccccc2)C1. The Morgan fingerprint density at radius 2 is 1.23 bits per heavy atom. The van der Waals surface area contributed by atoms with Crippen molar-refractivity contribution in [2.24, 2.45) is 11.5 Å². The number of Topliss-reactive ketones (excluding diaryl/α,β-unsaturated/α-hetero) is 2. The molecule has 0 aromatic heterocycles. The largest absolute Gasteiger partial charge is 0.326 e. The highest BCUT2D eigenvalue weighted by Gasteiger charge is 2.19. The zero-order valence-corrected chi connectivity index (χ0v) is 26.2. The van der Waals surface area contributed by atoms with Crippen LogP contribution in [-0.2, 0) is 17.9 Å². The van der Waals surface area contributed by atoms with Crippen molar-refractivity contribution in [2.45, 2.75) is 51.9 Å². The van der Waals surface area contributed by atoms with Gasteiger partial charge in [0.15, 0.2) is 5.78 Å². The fraction of sp³-hybridized carbons (Fsp3) is 0.316. The molecule has 6 nitrogen and oxygen atoms in total. The van der Waals surface area contributed by atoms with Crippen molar-refractivity contribution in [2.75, 3.05) is 26.2 Å². The second-order valence-electron chi connectivity index (χ2n) is 11.4. The third-order valence-electron chi connectivity index (χ3n) is 7.42. The number of ketones is 2. The summed E-state index contributed by atoms with van der Waals surface area (Å²) >= 11 is 0. The van der Waals surface area contributed by atoms with Gasteiger partial charge >= 0.3 is 0 Å². The van der Waals surface area contributed by atoms with Crippen molar-refractivity contribution < 1.29 is 9.59 Å². The van der Waals surface area contributed by atoms with Crippen LogP contribution in [0.1, 0.15) is 59.8 Å². The summed E-state index contributed by atoms with van der Waals surface area (Å²) in [6, 6.07) is 40.7. The van der Waals surface area contributed by atoms with Gasteiger partial charge in [0.1, 0.15) is 5.78 Å². The van der Waals surface area contributed by atoms with Crippen LogP contribution in [0.2, 0.25) is 0 Å². The first-order chi connectivity index (χ1) is 21.3. The van der Waals surface area contributed by atoms with Crippen LogP contribution in [0.3, 0.4) is 0 Å². The molecule has 0 saturated carbocycles. The number of rotatable bonds is 6. The lowest BCUT2D eigenvalue weighted by atomic mass is 10.1. The van der Waals surface area contributed by atoms with E-state index in [0.717, 1.165) is 51.1 Å². The fourth-order valence-electron chi connectivity index (χ4n) is 4.94. The monoisotopic (exact) mass is 592 g/mol. The lowest BCUT2D eigenvalue weighted by Gasteiger charge is -2.14. The van der Waals surface area contributed by atoms with E-state index in [1.165, 1.54) is 16.7 Å². The Bertz CT molecular complexity index is 1350. The molecule has 4 N–H and O–H groups in total. The highest BCUT2D eigenvalue weighted by molar-refractivity contribution is 5.93. The maximum Gasteiger partial charge on any atom is 0.159 e. The minimum Gasteiger partial charge on any atom is -0.326 e. The van der Waals surface area contributed by atoms with Gasteiger partial charge in [-0.05, 0) is 37.0 Å². The van der Waals surface area contributed by atoms with Gasteiger partial charge in [-0.1, -0.05) is 121 Å². The summed E-state index contributed by atoms with van der Waals surface area (Å²) in [6.07, 6.45) is 1.87. The van der Waals surface area contributed by atoms with Gasteiger partial charge in [-0.2, -0.15) is 0 Å². The molecule has 4 aromatic rings. The van der Waals surface area contributed by atoms with Gasteiger partial charge in [-0.3, -0.25) is 19.4 Å². The van der Waals surface area contributed by atoms with Crippen LogP contribution >= 0.6 is 0 Å². The zero-order valence-electron chi connectivity index (χ0n) is 26.2. The first-order valence-corrected chi connectivity index (χ1v) is 15.5. The molecule has 44 heavy (non-hydrogen) atoms. The van der Waals surface area contributed by atoms with E-state index in [0.29, 0.717) is 18.4 Å². The maximum atomic E-state index is 11.0. The molecule has 0 spiro atoms. The minimum absolute atomic E-state index is 0.121.